The van der Waals surface area contributed by atoms with E-state index in [9.17, 15) is 13.2 Å². The monoisotopic (exact) mass is 244 g/mol. The summed E-state index contributed by atoms with van der Waals surface area (Å²) in [7, 11) is 0. The molecule has 0 unspecified atom stereocenters. The van der Waals surface area contributed by atoms with Crippen molar-refractivity contribution in [2.75, 3.05) is 5.75 Å². The Morgan fingerprint density at radius 2 is 2.21 bits per heavy atom. The fourth-order valence-corrected chi connectivity index (χ4v) is 1.86. The first kappa shape index (κ1) is 11.7. The maximum Gasteiger partial charge on any atom is 0.408 e. The maximum atomic E-state index is 12.0. The van der Waals surface area contributed by atoms with Gasteiger partial charge in [-0.05, 0) is 5.75 Å². The van der Waals surface area contributed by atoms with Crippen LogP contribution in [0.3, 0.4) is 0 Å². The predicted molar refractivity (Wildman–Crippen MR) is 49.7 cm³/mol. The summed E-state index contributed by atoms with van der Waals surface area (Å²) in [5.74, 6) is 0.747. The third kappa shape index (κ3) is 3.09. The smallest absolute Gasteiger partial charge is 0.244 e. The molecule has 0 N–H and O–H groups in total. The van der Waals surface area contributed by atoms with E-state index in [1.807, 2.05) is 6.92 Å². The molecule has 0 radical (unpaired) electrons. The van der Waals surface area contributed by atoms with Crippen LogP contribution in [0, 0.1) is 0 Å². The van der Waals surface area contributed by atoms with Gasteiger partial charge in [-0.3, -0.25) is 0 Å². The summed E-state index contributed by atoms with van der Waals surface area (Å²) < 4.78 is 36.7. The topological polar surface area (TPSA) is 17.8 Å². The molecule has 0 aliphatic heterocycles. The van der Waals surface area contributed by atoms with Gasteiger partial charge in [-0.2, -0.15) is 18.3 Å². The zero-order valence-electron chi connectivity index (χ0n) is 7.31. The molecule has 7 heteroatoms. The number of thioether (sulfide) groups is 1. The van der Waals surface area contributed by atoms with Crippen molar-refractivity contribution in [1.29, 1.82) is 0 Å². The van der Waals surface area contributed by atoms with Crippen LogP contribution in [0.4, 0.5) is 13.2 Å². The van der Waals surface area contributed by atoms with Gasteiger partial charge in [0.05, 0.1) is 11.1 Å². The number of nitrogens with zero attached hydrogens (tertiary/aromatic N) is 2. The highest BCUT2D eigenvalue weighted by atomic mass is 35.5. The van der Waals surface area contributed by atoms with Crippen LogP contribution < -0.4 is 0 Å². The molecule has 0 amide bonds. The molecule has 0 aromatic carbocycles. The molecule has 1 heterocycles. The van der Waals surface area contributed by atoms with Crippen LogP contribution >= 0.6 is 23.4 Å². The third-order valence-corrected chi connectivity index (χ3v) is 2.78. The lowest BCUT2D eigenvalue weighted by Gasteiger charge is -2.06. The second-order valence-electron chi connectivity index (χ2n) is 2.51. The van der Waals surface area contributed by atoms with Crippen LogP contribution in [0.5, 0.6) is 0 Å². The highest BCUT2D eigenvalue weighted by Crippen LogP contribution is 2.28. The summed E-state index contributed by atoms with van der Waals surface area (Å²) in [6, 6.07) is 0. The molecule has 0 spiro atoms. The van der Waals surface area contributed by atoms with Gasteiger partial charge in [-0.25, -0.2) is 4.68 Å². The van der Waals surface area contributed by atoms with Gasteiger partial charge in [0.2, 0.25) is 0 Å². The fraction of sp³-hybridized carbons (Fsp3) is 0.571. The average Bonchev–Trinajstić information content (AvgIpc) is 2.34. The number of alkyl halides is 3. The van der Waals surface area contributed by atoms with Crippen molar-refractivity contribution in [2.24, 2.45) is 0 Å². The van der Waals surface area contributed by atoms with Gasteiger partial charge in [0.25, 0.3) is 0 Å². The second kappa shape index (κ2) is 4.44. The van der Waals surface area contributed by atoms with Crippen LogP contribution in [0.25, 0.3) is 0 Å². The summed E-state index contributed by atoms with van der Waals surface area (Å²) in [4.78, 5) is 0.582. The Morgan fingerprint density at radius 3 is 2.71 bits per heavy atom. The molecule has 1 aromatic rings. The third-order valence-electron chi connectivity index (χ3n) is 1.37. The van der Waals surface area contributed by atoms with Gasteiger partial charge in [0.15, 0.2) is 0 Å². The minimum atomic E-state index is -4.29. The first-order valence-corrected chi connectivity index (χ1v) is 5.21. The van der Waals surface area contributed by atoms with Gasteiger partial charge in [-0.1, -0.05) is 18.5 Å². The zero-order chi connectivity index (χ0) is 10.8. The van der Waals surface area contributed by atoms with Crippen molar-refractivity contribution < 1.29 is 13.2 Å². The lowest BCUT2D eigenvalue weighted by Crippen LogP contribution is -2.18. The summed E-state index contributed by atoms with van der Waals surface area (Å²) in [6.45, 7) is 0.748. The molecule has 80 valence electrons. The van der Waals surface area contributed by atoms with Crippen LogP contribution in [-0.4, -0.2) is 21.7 Å². The van der Waals surface area contributed by atoms with Crippen molar-refractivity contribution in [2.45, 2.75) is 24.5 Å². The minimum absolute atomic E-state index is 0.0502. The first-order chi connectivity index (χ1) is 6.44. The quantitative estimate of drug-likeness (QED) is 0.760. The van der Waals surface area contributed by atoms with Crippen LogP contribution in [-0.2, 0) is 6.54 Å². The van der Waals surface area contributed by atoms with Gasteiger partial charge in [-0.15, -0.1) is 11.8 Å². The molecule has 2 nitrogen and oxygen atoms in total. The van der Waals surface area contributed by atoms with Gasteiger partial charge in [0.1, 0.15) is 11.7 Å². The van der Waals surface area contributed by atoms with Gasteiger partial charge in [0, 0.05) is 0 Å². The van der Waals surface area contributed by atoms with E-state index in [-0.39, 0.29) is 5.15 Å². The maximum absolute atomic E-state index is 12.0. The average molecular weight is 245 g/mol. The Labute approximate surface area is 88.4 Å². The van der Waals surface area contributed by atoms with E-state index >= 15 is 0 Å². The highest BCUT2D eigenvalue weighted by molar-refractivity contribution is 7.99. The van der Waals surface area contributed by atoms with Crippen LogP contribution in [0.15, 0.2) is 11.1 Å². The standard InChI is InChI=1S/C7H8ClF3N2S/c1-2-14-5-3-12-13(6(5)8)4-7(9,10)11/h3H,2,4H2,1H3. The van der Waals surface area contributed by atoms with Crippen molar-refractivity contribution >= 4 is 23.4 Å². The molecule has 0 atom stereocenters. The number of rotatable bonds is 3. The van der Waals surface area contributed by atoms with Gasteiger partial charge < -0.3 is 0 Å². The van der Waals surface area contributed by atoms with Crippen molar-refractivity contribution in [3.05, 3.63) is 11.3 Å². The molecule has 14 heavy (non-hydrogen) atoms. The fourth-order valence-electron chi connectivity index (χ4n) is 0.886. The molecule has 0 fully saturated rings. The normalized spacial score (nSPS) is 12.1. The largest absolute Gasteiger partial charge is 0.408 e. The number of hydrogen-bond donors (Lipinski definition) is 0. The number of aromatic nitrogens is 2. The molecule has 1 rings (SSSR count). The van der Waals surface area contributed by atoms with Crippen molar-refractivity contribution in [3.63, 3.8) is 0 Å². The Bertz CT molecular complexity index is 310. The SMILES string of the molecule is CCSc1cnn(CC(F)(F)F)c1Cl. The Balaban J connectivity index is 2.79. The number of hydrogen-bond acceptors (Lipinski definition) is 2. The van der Waals surface area contributed by atoms with E-state index < -0.39 is 12.7 Å². The lowest BCUT2D eigenvalue weighted by atomic mass is 10.6. The van der Waals surface area contributed by atoms with Gasteiger partial charge >= 0.3 is 6.18 Å². The molecule has 0 aliphatic carbocycles. The molecule has 0 saturated heterocycles. The molecular formula is C7H8ClF3N2S. The highest BCUT2D eigenvalue weighted by Gasteiger charge is 2.29. The second-order valence-corrected chi connectivity index (χ2v) is 4.17. The predicted octanol–water partition coefficient (Wildman–Crippen LogP) is 3.21. The van der Waals surface area contributed by atoms with Crippen LogP contribution in [0.1, 0.15) is 6.92 Å². The number of halogens is 4. The molecule has 0 saturated carbocycles. The van der Waals surface area contributed by atoms with Crippen LogP contribution in [0.2, 0.25) is 5.15 Å². The zero-order valence-corrected chi connectivity index (χ0v) is 8.88. The Morgan fingerprint density at radius 1 is 1.57 bits per heavy atom. The van der Waals surface area contributed by atoms with E-state index in [4.69, 9.17) is 11.6 Å². The lowest BCUT2D eigenvalue weighted by molar-refractivity contribution is -0.142. The minimum Gasteiger partial charge on any atom is -0.244 e. The summed E-state index contributed by atoms with van der Waals surface area (Å²) in [5.41, 5.74) is 0. The van der Waals surface area contributed by atoms with E-state index in [2.05, 4.69) is 5.10 Å². The molecule has 1 aromatic heterocycles. The molecule has 0 bridgehead atoms. The van der Waals surface area contributed by atoms with E-state index in [0.717, 1.165) is 10.4 Å². The summed E-state index contributed by atoms with van der Waals surface area (Å²) >= 11 is 7.05. The Hall–Kier alpha value is -0.360. The van der Waals surface area contributed by atoms with E-state index in [1.54, 1.807) is 0 Å². The van der Waals surface area contributed by atoms with E-state index in [1.165, 1.54) is 18.0 Å². The van der Waals surface area contributed by atoms with Crippen molar-refractivity contribution in [1.82, 2.24) is 9.78 Å². The molecular weight excluding hydrogens is 237 g/mol. The summed E-state index contributed by atoms with van der Waals surface area (Å²) in [6.07, 6.45) is -2.94. The first-order valence-electron chi connectivity index (χ1n) is 3.85. The summed E-state index contributed by atoms with van der Waals surface area (Å²) in [5, 5.41) is 3.61. The van der Waals surface area contributed by atoms with Crippen molar-refractivity contribution in [3.8, 4) is 0 Å². The Kier molecular flexibility index (Phi) is 3.71. The van der Waals surface area contributed by atoms with E-state index in [0.29, 0.717) is 4.90 Å². The molecule has 0 aliphatic rings.